The van der Waals surface area contributed by atoms with E-state index in [1.54, 1.807) is 5.79 Å². The molecule has 0 N–H and O–H groups in total. The molecule has 4 rings (SSSR count). The van der Waals surface area contributed by atoms with Gasteiger partial charge in [-0.05, 0) is 154 Å². The van der Waals surface area contributed by atoms with Crippen LogP contribution in [0, 0.1) is 232 Å². The molecule has 2 unspecified atom stereocenters. The van der Waals surface area contributed by atoms with Crippen LogP contribution in [0.3, 0.4) is 0 Å². The van der Waals surface area contributed by atoms with Gasteiger partial charge in [0.25, 0.3) is 0 Å². The van der Waals surface area contributed by atoms with Crippen LogP contribution in [0.5, 0.6) is 0 Å². The van der Waals surface area contributed by atoms with Gasteiger partial charge in [-0.1, -0.05) is 0 Å². The zero-order valence-electron chi connectivity index (χ0n) is 35.1. The molecule has 0 spiro atoms. The predicted molar refractivity (Wildman–Crippen MR) is 267 cm³/mol. The average Bonchev–Trinajstić information content (AvgIpc) is 3.94. The standard InChI is InChI=1S/C52H14S2.6CH3.2Sn/c1-3-5-7-9-11-13-15-17-19-21-23-25-27-29-31-33-35-45-41-46(36-34-32-30-28-26-24-22-20-18-16-14-12-10-8-6-4-2)43-47(42-45)44-50-48-37-39-53-51(48)52-49(50)38-40-54-52;;;;;;;;/h1-2,37-38,44-47H,41-43H2;6*1H3;;/t45-,46?,47?;;;;;;;;/m1......../s1. The molecule has 1 fully saturated rings. The van der Waals surface area contributed by atoms with Crippen molar-refractivity contribution in [2.45, 2.75) is 48.9 Å². The first kappa shape index (κ1) is 47.5. The molecule has 2 aromatic rings. The molecule has 2 heterocycles. The molecule has 2 aromatic heterocycles. The van der Waals surface area contributed by atoms with Gasteiger partial charge in [-0.25, -0.2) is 0 Å². The number of hydrogen-bond donors (Lipinski definition) is 0. The molecule has 4 heteroatoms. The molecular formula is C58H32S2Sn2. The van der Waals surface area contributed by atoms with Gasteiger partial charge in [0.15, 0.2) is 0 Å². The number of thiophene rings is 2. The molecular weight excluding hydrogens is 998 g/mol. The third kappa shape index (κ3) is 16.5. The van der Waals surface area contributed by atoms with Crippen LogP contribution >= 0.6 is 22.7 Å². The van der Waals surface area contributed by atoms with Gasteiger partial charge in [0.05, 0.1) is 0 Å². The molecule has 3 atom stereocenters. The molecule has 62 heavy (non-hydrogen) atoms. The summed E-state index contributed by atoms with van der Waals surface area (Å²) in [7, 11) is 0. The normalized spacial score (nSPS) is 13.4. The van der Waals surface area contributed by atoms with Crippen LogP contribution in [-0.2, 0) is 0 Å². The van der Waals surface area contributed by atoms with Crippen LogP contribution in [0.4, 0.5) is 0 Å². The molecule has 0 aromatic carbocycles. The first-order valence-corrected chi connectivity index (χ1v) is 40.6. The number of rotatable bonds is 3. The third-order valence-electron chi connectivity index (χ3n) is 8.32. The van der Waals surface area contributed by atoms with Gasteiger partial charge < -0.3 is 0 Å². The van der Waals surface area contributed by atoms with Crippen molar-refractivity contribution < 1.29 is 0 Å². The van der Waals surface area contributed by atoms with Gasteiger partial charge in [-0.2, -0.15) is 0 Å². The van der Waals surface area contributed by atoms with Crippen LogP contribution in [0.1, 0.15) is 30.4 Å². The van der Waals surface area contributed by atoms with E-state index < -0.39 is 36.8 Å². The van der Waals surface area contributed by atoms with Gasteiger partial charge >= 0.3 is 224 Å². The molecule has 284 valence electrons. The summed E-state index contributed by atoms with van der Waals surface area (Å²) < 4.78 is 3.23. The topological polar surface area (TPSA) is 0 Å². The van der Waals surface area contributed by atoms with Gasteiger partial charge in [0, 0.05) is 0 Å². The van der Waals surface area contributed by atoms with Crippen LogP contribution in [-0.4, -0.2) is 36.8 Å². The minimum atomic E-state index is -2.30. The minimum absolute atomic E-state index is 0.105. The second-order valence-corrected chi connectivity index (χ2v) is 47.9. The molecule has 0 amide bonds. The fourth-order valence-electron chi connectivity index (χ4n) is 5.71. The van der Waals surface area contributed by atoms with Crippen molar-refractivity contribution in [1.29, 1.82) is 0 Å². The van der Waals surface area contributed by atoms with Crippen molar-refractivity contribution in [1.82, 2.24) is 0 Å². The SMILES string of the molecule is C#CC#CC#CC#CC#CC#CC#CC#CC#CC1CC(C=C2c3c[c]([Sn]([CH3])([CH3])[CH3])sc3-c3s[c]([Sn]([CH3])([CH3])[CH3])cc32)C[C@H](C#CC#CC#CC#CC#CC#CC#CC#CC#C)C1. The third-order valence-corrected chi connectivity index (χ3v) is 29.6. The van der Waals surface area contributed by atoms with Crippen LogP contribution in [0.15, 0.2) is 18.2 Å². The summed E-state index contributed by atoms with van der Waals surface area (Å²) >= 11 is -0.522. The Kier molecular flexibility index (Phi) is 19.5. The van der Waals surface area contributed by atoms with Crippen molar-refractivity contribution in [2.75, 3.05) is 0 Å². The Hall–Kier alpha value is -7.18. The summed E-state index contributed by atoms with van der Waals surface area (Å²) in [5, 5.41) is 0. The number of allylic oxidation sites excluding steroid dienone is 1. The van der Waals surface area contributed by atoms with E-state index in [4.69, 9.17) is 12.8 Å². The van der Waals surface area contributed by atoms with E-state index in [1.807, 2.05) is 22.7 Å². The maximum atomic E-state index is 5.02. The summed E-state index contributed by atoms with van der Waals surface area (Å²) in [4.78, 5) is 17.9. The van der Waals surface area contributed by atoms with E-state index in [0.29, 0.717) is 0 Å². The van der Waals surface area contributed by atoms with Crippen molar-refractivity contribution in [3.8, 4) is 224 Å². The molecule has 2 aliphatic rings. The van der Waals surface area contributed by atoms with Gasteiger partial charge in [-0.15, -0.1) is 12.8 Å². The zero-order valence-corrected chi connectivity index (χ0v) is 42.4. The Bertz CT molecular complexity index is 3150. The summed E-state index contributed by atoms with van der Waals surface area (Å²) in [5.41, 5.74) is 4.21. The Morgan fingerprint density at radius 3 is 0.968 bits per heavy atom. The number of fused-ring (bicyclic) bond motifs is 3. The molecule has 0 radical (unpaired) electrons. The maximum absolute atomic E-state index is 5.02. The molecule has 0 nitrogen and oxygen atoms in total. The summed E-state index contributed by atoms with van der Waals surface area (Å²) in [5.74, 6) is 90.5. The van der Waals surface area contributed by atoms with E-state index >= 15 is 0 Å². The second kappa shape index (κ2) is 25.4. The molecule has 2 aliphatic carbocycles. The van der Waals surface area contributed by atoms with E-state index in [9.17, 15) is 0 Å². The van der Waals surface area contributed by atoms with E-state index in [1.165, 1.54) is 26.5 Å². The predicted octanol–water partition coefficient (Wildman–Crippen LogP) is 6.67. The van der Waals surface area contributed by atoms with Gasteiger partial charge in [0.2, 0.25) is 0 Å². The molecule has 0 bridgehead atoms. The van der Waals surface area contributed by atoms with Crippen LogP contribution in [0.2, 0.25) is 29.6 Å². The quantitative estimate of drug-likeness (QED) is 0.204. The zero-order chi connectivity index (χ0) is 44.5. The first-order valence-electron chi connectivity index (χ1n) is 18.9. The molecule has 1 saturated carbocycles. The Balaban J connectivity index is 1.56. The fourth-order valence-corrected chi connectivity index (χ4v) is 18.6. The molecule has 0 aliphatic heterocycles. The Labute approximate surface area is 387 Å². The van der Waals surface area contributed by atoms with E-state index in [0.717, 1.165) is 19.3 Å². The average molecular weight is 1030 g/mol. The summed E-state index contributed by atoms with van der Waals surface area (Å²) in [6.45, 7) is 0. The summed E-state index contributed by atoms with van der Waals surface area (Å²) in [6, 6.07) is 5.03. The van der Waals surface area contributed by atoms with Crippen LogP contribution in [0.25, 0.3) is 15.3 Å². The summed E-state index contributed by atoms with van der Waals surface area (Å²) in [6.07, 6.45) is 15.2. The molecule has 0 saturated heterocycles. The van der Waals surface area contributed by atoms with Gasteiger partial charge in [-0.3, -0.25) is 0 Å². The van der Waals surface area contributed by atoms with Crippen LogP contribution < -0.4 is 5.79 Å². The van der Waals surface area contributed by atoms with Gasteiger partial charge in [0.1, 0.15) is 0 Å². The van der Waals surface area contributed by atoms with Crippen molar-refractivity contribution in [3.63, 3.8) is 0 Å². The number of terminal acetylenes is 2. The van der Waals surface area contributed by atoms with E-state index in [2.05, 4.69) is 249 Å². The van der Waals surface area contributed by atoms with E-state index in [-0.39, 0.29) is 17.8 Å². The second-order valence-electron chi connectivity index (χ2n) is 15.0. The Morgan fingerprint density at radius 1 is 0.419 bits per heavy atom. The van der Waals surface area contributed by atoms with Crippen molar-refractivity contribution >= 4 is 70.8 Å². The van der Waals surface area contributed by atoms with Crippen molar-refractivity contribution in [2.24, 2.45) is 17.8 Å². The fraction of sp³-hybridized carbons (Fsp3) is 0.207. The first-order chi connectivity index (χ1) is 30.0. The number of hydrogen-bond acceptors (Lipinski definition) is 2. The monoisotopic (exact) mass is 1030 g/mol. The van der Waals surface area contributed by atoms with Crippen molar-refractivity contribution in [3.05, 3.63) is 29.3 Å². The Morgan fingerprint density at radius 2 is 0.694 bits per heavy atom.